The smallest absolute Gasteiger partial charge is 0.303 e. The third-order valence-corrected chi connectivity index (χ3v) is 7.52. The lowest BCUT2D eigenvalue weighted by atomic mass is 9.98. The molecule has 0 spiro atoms. The van der Waals surface area contributed by atoms with E-state index in [4.69, 9.17) is 14.8 Å². The molecule has 0 aliphatic carbocycles. The molecule has 198 valence electrons. The first-order valence-electron chi connectivity index (χ1n) is 13.8. The number of ether oxygens (including phenoxy) is 1. The molecule has 0 bridgehead atoms. The third kappa shape index (κ3) is 6.43. The number of carboxylic acids is 1. The molecule has 0 saturated carbocycles. The second-order valence-corrected chi connectivity index (χ2v) is 10.2. The Labute approximate surface area is 224 Å². The number of aliphatic carboxylic acids is 1. The van der Waals surface area contributed by atoms with Gasteiger partial charge < -0.3 is 19.3 Å². The Morgan fingerprint density at radius 3 is 2.47 bits per heavy atom. The first kappa shape index (κ1) is 26.0. The monoisotopic (exact) mass is 511 g/mol. The van der Waals surface area contributed by atoms with Gasteiger partial charge in [0.05, 0.1) is 11.0 Å². The van der Waals surface area contributed by atoms with E-state index in [2.05, 4.69) is 58.9 Å². The highest BCUT2D eigenvalue weighted by Gasteiger charge is 2.15. The Bertz CT molecular complexity index is 1370. The molecule has 0 unspecified atom stereocenters. The number of para-hydroxylation sites is 2. The van der Waals surface area contributed by atoms with E-state index in [-0.39, 0.29) is 6.42 Å². The van der Waals surface area contributed by atoms with Crippen LogP contribution in [-0.2, 0) is 37.2 Å². The van der Waals surface area contributed by atoms with Crippen LogP contribution in [0.15, 0.2) is 66.7 Å². The zero-order valence-electron chi connectivity index (χ0n) is 22.2. The molecule has 1 aliphatic rings. The first-order valence-corrected chi connectivity index (χ1v) is 13.8. The summed E-state index contributed by atoms with van der Waals surface area (Å²) in [5.41, 5.74) is 6.87. The van der Waals surface area contributed by atoms with Crippen molar-refractivity contribution in [2.24, 2.45) is 0 Å². The van der Waals surface area contributed by atoms with Crippen LogP contribution < -0.4 is 4.74 Å². The number of carbonyl (C=O) groups is 1. The van der Waals surface area contributed by atoms with Gasteiger partial charge >= 0.3 is 5.97 Å². The molecule has 1 fully saturated rings. The molecular weight excluding hydrogens is 474 g/mol. The van der Waals surface area contributed by atoms with E-state index >= 15 is 0 Å². The van der Waals surface area contributed by atoms with Crippen LogP contribution >= 0.6 is 0 Å². The number of likely N-dealkylation sites (tertiary alicyclic amines) is 1. The summed E-state index contributed by atoms with van der Waals surface area (Å²) in [6.07, 6.45) is 5.00. The highest BCUT2D eigenvalue weighted by Crippen LogP contribution is 2.22. The van der Waals surface area contributed by atoms with Crippen molar-refractivity contribution in [3.05, 3.63) is 94.8 Å². The molecular formula is C32H37N3O3. The Morgan fingerprint density at radius 1 is 0.947 bits per heavy atom. The molecule has 0 radical (unpaired) electrons. The van der Waals surface area contributed by atoms with Crippen molar-refractivity contribution in [2.75, 3.05) is 19.6 Å². The molecule has 2 heterocycles. The zero-order chi connectivity index (χ0) is 26.3. The van der Waals surface area contributed by atoms with Crippen LogP contribution in [-0.4, -0.2) is 45.2 Å². The lowest BCUT2D eigenvalue weighted by molar-refractivity contribution is -0.136. The van der Waals surface area contributed by atoms with E-state index in [1.807, 2.05) is 24.3 Å². The Morgan fingerprint density at radius 2 is 1.71 bits per heavy atom. The topological polar surface area (TPSA) is 67.6 Å². The lowest BCUT2D eigenvalue weighted by Gasteiger charge is -2.17. The minimum absolute atomic E-state index is 0.157. The van der Waals surface area contributed by atoms with E-state index < -0.39 is 5.97 Å². The van der Waals surface area contributed by atoms with Gasteiger partial charge in [-0.25, -0.2) is 4.98 Å². The lowest BCUT2D eigenvalue weighted by Crippen LogP contribution is -2.24. The van der Waals surface area contributed by atoms with Gasteiger partial charge in [-0.3, -0.25) is 4.79 Å². The van der Waals surface area contributed by atoms with Crippen molar-refractivity contribution >= 4 is 17.0 Å². The molecule has 1 saturated heterocycles. The summed E-state index contributed by atoms with van der Waals surface area (Å²) in [7, 11) is 0. The van der Waals surface area contributed by atoms with Crippen LogP contribution in [0.25, 0.3) is 11.0 Å². The largest absolute Gasteiger partial charge is 0.489 e. The molecule has 6 heteroatoms. The molecule has 5 rings (SSSR count). The van der Waals surface area contributed by atoms with Gasteiger partial charge in [0.2, 0.25) is 0 Å². The minimum atomic E-state index is -0.762. The van der Waals surface area contributed by atoms with Crippen molar-refractivity contribution < 1.29 is 14.6 Å². The molecule has 4 aromatic rings. The minimum Gasteiger partial charge on any atom is -0.489 e. The summed E-state index contributed by atoms with van der Waals surface area (Å²) < 4.78 is 8.47. The fraction of sp³-hybridized carbons (Fsp3) is 0.375. The summed E-state index contributed by atoms with van der Waals surface area (Å²) in [6, 6.07) is 23.0. The molecule has 1 N–H and O–H groups in total. The van der Waals surface area contributed by atoms with Gasteiger partial charge in [-0.2, -0.15) is 0 Å². The third-order valence-electron chi connectivity index (χ3n) is 7.52. The van der Waals surface area contributed by atoms with E-state index in [9.17, 15) is 4.79 Å². The number of hydrogen-bond acceptors (Lipinski definition) is 4. The van der Waals surface area contributed by atoms with Crippen LogP contribution in [0.3, 0.4) is 0 Å². The van der Waals surface area contributed by atoms with E-state index in [0.717, 1.165) is 54.1 Å². The number of nitrogens with zero attached hydrogens (tertiary/aromatic N) is 3. The molecule has 0 atom stereocenters. The van der Waals surface area contributed by atoms with Gasteiger partial charge in [0.15, 0.2) is 0 Å². The molecule has 3 aromatic carbocycles. The number of rotatable bonds is 12. The van der Waals surface area contributed by atoms with Crippen molar-refractivity contribution in [1.29, 1.82) is 0 Å². The summed E-state index contributed by atoms with van der Waals surface area (Å²) in [5.74, 6) is 1.18. The maximum Gasteiger partial charge on any atom is 0.303 e. The fourth-order valence-electron chi connectivity index (χ4n) is 5.39. The number of carboxylic acid groups (broad SMARTS) is 1. The number of fused-ring (bicyclic) bond motifs is 1. The fourth-order valence-corrected chi connectivity index (χ4v) is 5.39. The number of aryl methyl sites for hydroxylation is 2. The predicted octanol–water partition coefficient (Wildman–Crippen LogP) is 5.88. The van der Waals surface area contributed by atoms with Crippen LogP contribution in [0.2, 0.25) is 0 Å². The number of aromatic nitrogens is 2. The van der Waals surface area contributed by atoms with Crippen molar-refractivity contribution in [3.8, 4) is 5.75 Å². The maximum atomic E-state index is 10.9. The second kappa shape index (κ2) is 12.3. The standard InChI is InChI=1S/C32H37N3O3/c1-2-26-21-25(9-12-27(26)13-16-32(36)37)23-38-28-14-10-24(11-15-28)22-31-33-29-7-3-4-8-30(29)35(31)20-19-34-17-5-6-18-34/h3-4,7-12,14-15,21H,2,5-6,13,16-20,22-23H2,1H3,(H,36,37). The Hall–Kier alpha value is -3.64. The quantitative estimate of drug-likeness (QED) is 0.257. The van der Waals surface area contributed by atoms with Gasteiger partial charge in [0.25, 0.3) is 0 Å². The van der Waals surface area contributed by atoms with Crippen LogP contribution in [0.4, 0.5) is 0 Å². The zero-order valence-corrected chi connectivity index (χ0v) is 22.2. The molecule has 1 aromatic heterocycles. The summed E-state index contributed by atoms with van der Waals surface area (Å²) >= 11 is 0. The van der Waals surface area contributed by atoms with Gasteiger partial charge in [0.1, 0.15) is 18.2 Å². The number of imidazole rings is 1. The van der Waals surface area contributed by atoms with Crippen molar-refractivity contribution in [1.82, 2.24) is 14.5 Å². The average molecular weight is 512 g/mol. The SMILES string of the molecule is CCc1cc(COc2ccc(Cc3nc4ccccc4n3CCN3CCCC3)cc2)ccc1CCC(=O)O. The van der Waals surface area contributed by atoms with Crippen molar-refractivity contribution in [3.63, 3.8) is 0 Å². The second-order valence-electron chi connectivity index (χ2n) is 10.2. The molecule has 1 aliphatic heterocycles. The Kier molecular flexibility index (Phi) is 8.39. The highest BCUT2D eigenvalue weighted by molar-refractivity contribution is 5.76. The number of benzene rings is 3. The van der Waals surface area contributed by atoms with E-state index in [0.29, 0.717) is 13.0 Å². The highest BCUT2D eigenvalue weighted by atomic mass is 16.5. The maximum absolute atomic E-state index is 10.9. The van der Waals surface area contributed by atoms with Gasteiger partial charge in [-0.1, -0.05) is 49.4 Å². The van der Waals surface area contributed by atoms with Gasteiger partial charge in [0, 0.05) is 25.9 Å². The normalized spacial score (nSPS) is 13.8. The van der Waals surface area contributed by atoms with E-state index in [1.54, 1.807) is 0 Å². The van der Waals surface area contributed by atoms with E-state index in [1.165, 1.54) is 42.6 Å². The van der Waals surface area contributed by atoms with Gasteiger partial charge in [-0.05, 0) is 85.3 Å². The molecule has 38 heavy (non-hydrogen) atoms. The van der Waals surface area contributed by atoms with Crippen LogP contribution in [0.1, 0.15) is 54.3 Å². The van der Waals surface area contributed by atoms with Crippen molar-refractivity contribution in [2.45, 2.75) is 58.6 Å². The van der Waals surface area contributed by atoms with Crippen LogP contribution in [0, 0.1) is 0 Å². The predicted molar refractivity (Wildman–Crippen MR) is 151 cm³/mol. The molecule has 0 amide bonds. The van der Waals surface area contributed by atoms with Crippen LogP contribution in [0.5, 0.6) is 5.75 Å². The Balaban J connectivity index is 1.23. The summed E-state index contributed by atoms with van der Waals surface area (Å²) in [5, 5.41) is 8.99. The average Bonchev–Trinajstić information content (AvgIpc) is 3.58. The first-order chi connectivity index (χ1) is 18.6. The van der Waals surface area contributed by atoms with Gasteiger partial charge in [-0.15, -0.1) is 0 Å². The molecule has 6 nitrogen and oxygen atoms in total. The number of hydrogen-bond donors (Lipinski definition) is 1. The summed E-state index contributed by atoms with van der Waals surface area (Å²) in [4.78, 5) is 18.5. The summed E-state index contributed by atoms with van der Waals surface area (Å²) in [6.45, 7) is 7.03.